The number of carbonyl (C=O) groups is 1. The Morgan fingerprint density at radius 2 is 1.79 bits per heavy atom. The van der Waals surface area contributed by atoms with Gasteiger partial charge in [-0.2, -0.15) is 18.3 Å². The Labute approximate surface area is 233 Å². The van der Waals surface area contributed by atoms with E-state index in [1.807, 2.05) is 6.92 Å². The third-order valence-electron chi connectivity index (χ3n) is 5.48. The summed E-state index contributed by atoms with van der Waals surface area (Å²) in [4.78, 5) is 30.6. The molecule has 2 heterocycles. The smallest absolute Gasteiger partial charge is 0.397 e. The number of hydrogen-bond donors (Lipinski definition) is 3. The normalized spacial score (nSPS) is 12.3. The van der Waals surface area contributed by atoms with Gasteiger partial charge in [0.1, 0.15) is 17.6 Å². The third kappa shape index (κ3) is 8.47. The number of anilines is 2. The average molecular weight is 608 g/mol. The summed E-state index contributed by atoms with van der Waals surface area (Å²) in [5, 5.41) is 4.74. The number of nitrogens with one attached hydrogen (secondary N) is 1. The van der Waals surface area contributed by atoms with Crippen molar-refractivity contribution in [2.75, 3.05) is 25.1 Å². The van der Waals surface area contributed by atoms with E-state index >= 15 is 0 Å². The van der Waals surface area contributed by atoms with E-state index in [0.29, 0.717) is 12.8 Å². The summed E-state index contributed by atoms with van der Waals surface area (Å²) in [7, 11) is 1.59. The number of halogens is 8. The number of nitrogens with zero attached hydrogens (tertiary/aromatic N) is 4. The molecule has 0 saturated carbocycles. The van der Waals surface area contributed by atoms with E-state index in [9.17, 15) is 44.7 Å². The molecule has 0 aliphatic rings. The Bertz CT molecular complexity index is 1480. The van der Waals surface area contributed by atoms with E-state index < -0.39 is 75.6 Å². The molecule has 5 N–H and O–H groups in total. The highest BCUT2D eigenvalue weighted by atomic mass is 19.4. The fourth-order valence-electron chi connectivity index (χ4n) is 3.47. The van der Waals surface area contributed by atoms with Crippen molar-refractivity contribution in [2.24, 2.45) is 0 Å². The van der Waals surface area contributed by atoms with Gasteiger partial charge in [-0.25, -0.2) is 37.0 Å². The van der Waals surface area contributed by atoms with Crippen molar-refractivity contribution in [1.82, 2.24) is 25.1 Å². The number of alkyl halides is 6. The maximum atomic E-state index is 14.5. The van der Waals surface area contributed by atoms with Crippen molar-refractivity contribution in [1.29, 1.82) is 0 Å². The van der Waals surface area contributed by atoms with Gasteiger partial charge >= 0.3 is 6.18 Å². The van der Waals surface area contributed by atoms with Gasteiger partial charge in [-0.3, -0.25) is 9.59 Å². The van der Waals surface area contributed by atoms with Gasteiger partial charge < -0.3 is 16.4 Å². The standard InChI is InChI=1S/C20H21F5N4O.C5H4F3N3O/c1-3-4-12(21)9-29(2)6-5-11-7-13(16(22)17(23)15(11)10-30)20-27-8-14(18(24)25)19(26)28-20;6-5(7,8)3-2(9)1-10-11-4(3)12/h5-8,10,12,18H,3-4,9H2,1-2H3,(H2,26,27,28);1H,(H3,9,11,12)/b6-5-;. The minimum absolute atomic E-state index is 0.0169. The van der Waals surface area contributed by atoms with E-state index in [0.717, 1.165) is 18.5 Å². The molecular weight excluding hydrogens is 582 g/mol. The molecule has 2 aromatic heterocycles. The second-order valence-corrected chi connectivity index (χ2v) is 8.68. The molecule has 0 fully saturated rings. The summed E-state index contributed by atoms with van der Waals surface area (Å²) in [5.41, 5.74) is 5.28. The molecule has 1 unspecified atom stereocenters. The maximum absolute atomic E-state index is 14.5. The number of aromatic nitrogens is 4. The van der Waals surface area contributed by atoms with Crippen LogP contribution in [0.4, 0.5) is 46.6 Å². The van der Waals surface area contributed by atoms with Gasteiger partial charge in [-0.05, 0) is 30.3 Å². The van der Waals surface area contributed by atoms with Crippen LogP contribution >= 0.6 is 0 Å². The number of H-pyrrole nitrogens is 1. The minimum Gasteiger partial charge on any atom is -0.397 e. The predicted octanol–water partition coefficient (Wildman–Crippen LogP) is 5.17. The van der Waals surface area contributed by atoms with Gasteiger partial charge in [0.2, 0.25) is 0 Å². The molecule has 9 nitrogen and oxygen atoms in total. The lowest BCUT2D eigenvalue weighted by Crippen LogP contribution is -2.24. The summed E-state index contributed by atoms with van der Waals surface area (Å²) in [6.07, 6.45) is -3.34. The molecule has 3 aromatic rings. The lowest BCUT2D eigenvalue weighted by atomic mass is 10.0. The van der Waals surface area contributed by atoms with Crippen molar-refractivity contribution in [3.8, 4) is 11.4 Å². The summed E-state index contributed by atoms with van der Waals surface area (Å²) in [5.74, 6) is -3.85. The van der Waals surface area contributed by atoms with Gasteiger partial charge in [0.15, 0.2) is 23.7 Å². The Balaban J connectivity index is 0.000000428. The molecular formula is C25H25F8N7O2. The second kappa shape index (κ2) is 14.4. The van der Waals surface area contributed by atoms with Crippen LogP contribution in [0.25, 0.3) is 17.5 Å². The lowest BCUT2D eigenvalue weighted by Gasteiger charge is -2.17. The van der Waals surface area contributed by atoms with Crippen LogP contribution in [-0.2, 0) is 6.18 Å². The van der Waals surface area contributed by atoms with Crippen molar-refractivity contribution in [3.63, 3.8) is 0 Å². The van der Waals surface area contributed by atoms with E-state index in [4.69, 9.17) is 11.5 Å². The number of aromatic amines is 1. The molecule has 0 aliphatic carbocycles. The number of hydrogen-bond acceptors (Lipinski definition) is 8. The largest absolute Gasteiger partial charge is 0.423 e. The van der Waals surface area contributed by atoms with Crippen LogP contribution in [0, 0.1) is 11.6 Å². The molecule has 1 atom stereocenters. The molecule has 42 heavy (non-hydrogen) atoms. The first-order valence-electron chi connectivity index (χ1n) is 11.9. The summed E-state index contributed by atoms with van der Waals surface area (Å²) < 4.78 is 104. The van der Waals surface area contributed by atoms with Gasteiger partial charge in [0, 0.05) is 19.8 Å². The highest BCUT2D eigenvalue weighted by Crippen LogP contribution is 2.31. The molecule has 0 radical (unpaired) electrons. The quantitative estimate of drug-likeness (QED) is 0.223. The van der Waals surface area contributed by atoms with Gasteiger partial charge in [0.25, 0.3) is 12.0 Å². The average Bonchev–Trinajstić information content (AvgIpc) is 2.88. The SMILES string of the molecule is CCCC(F)CN(C)/C=C\c1cc(-c2ncc(C(F)F)c(N)n2)c(F)c(F)c1C=O.Nc1cn[nH]c(=O)c1C(F)(F)F. The zero-order valence-corrected chi connectivity index (χ0v) is 22.0. The van der Waals surface area contributed by atoms with Gasteiger partial charge in [0.05, 0.1) is 28.6 Å². The number of aldehydes is 1. The fourth-order valence-corrected chi connectivity index (χ4v) is 3.47. The van der Waals surface area contributed by atoms with Crippen LogP contribution in [0.15, 0.2) is 29.5 Å². The van der Waals surface area contributed by atoms with Crippen molar-refractivity contribution in [2.45, 2.75) is 38.5 Å². The van der Waals surface area contributed by atoms with E-state index in [1.165, 1.54) is 17.2 Å². The third-order valence-corrected chi connectivity index (χ3v) is 5.48. The molecule has 0 spiro atoms. The molecule has 0 aliphatic heterocycles. The summed E-state index contributed by atoms with van der Waals surface area (Å²) in [6.45, 7) is 1.93. The molecule has 228 valence electrons. The summed E-state index contributed by atoms with van der Waals surface area (Å²) in [6, 6.07) is 1.10. The molecule has 17 heteroatoms. The number of nitrogen functional groups attached to an aromatic ring is 2. The highest BCUT2D eigenvalue weighted by molar-refractivity contribution is 5.84. The molecule has 3 rings (SSSR count). The van der Waals surface area contributed by atoms with Crippen molar-refractivity contribution < 1.29 is 39.9 Å². The van der Waals surface area contributed by atoms with Crippen LogP contribution in [0.3, 0.4) is 0 Å². The minimum atomic E-state index is -4.74. The number of nitrogens with two attached hydrogens (primary N) is 2. The van der Waals surface area contributed by atoms with Crippen LogP contribution < -0.4 is 17.0 Å². The van der Waals surface area contributed by atoms with E-state index in [1.54, 1.807) is 12.1 Å². The Morgan fingerprint density at radius 1 is 1.12 bits per heavy atom. The monoisotopic (exact) mass is 607 g/mol. The van der Waals surface area contributed by atoms with Crippen LogP contribution in [0.5, 0.6) is 0 Å². The predicted molar refractivity (Wildman–Crippen MR) is 138 cm³/mol. The summed E-state index contributed by atoms with van der Waals surface area (Å²) >= 11 is 0. The molecule has 0 saturated heterocycles. The van der Waals surface area contributed by atoms with E-state index in [-0.39, 0.29) is 18.4 Å². The van der Waals surface area contributed by atoms with Gasteiger partial charge in [-0.1, -0.05) is 13.3 Å². The fraction of sp³-hybridized carbons (Fsp3) is 0.320. The zero-order chi connectivity index (χ0) is 31.8. The van der Waals surface area contributed by atoms with Crippen molar-refractivity contribution >= 4 is 23.9 Å². The topological polar surface area (TPSA) is 144 Å². The second-order valence-electron chi connectivity index (χ2n) is 8.68. The number of benzene rings is 1. The lowest BCUT2D eigenvalue weighted by molar-refractivity contribution is -0.138. The molecule has 0 bridgehead atoms. The van der Waals surface area contributed by atoms with Crippen LogP contribution in [0.2, 0.25) is 0 Å². The van der Waals surface area contributed by atoms with Crippen LogP contribution in [-0.4, -0.2) is 51.1 Å². The zero-order valence-electron chi connectivity index (χ0n) is 22.0. The number of carbonyl (C=O) groups excluding carboxylic acids is 1. The first kappa shape index (κ1) is 33.6. The molecule has 1 aromatic carbocycles. The number of rotatable bonds is 9. The Hall–Kier alpha value is -4.57. The Kier molecular flexibility index (Phi) is 11.5. The van der Waals surface area contributed by atoms with Crippen molar-refractivity contribution in [3.05, 3.63) is 68.9 Å². The van der Waals surface area contributed by atoms with Crippen LogP contribution in [0.1, 0.15) is 53.2 Å². The Morgan fingerprint density at radius 3 is 2.29 bits per heavy atom. The first-order chi connectivity index (χ1) is 19.6. The first-order valence-corrected chi connectivity index (χ1v) is 11.9. The maximum Gasteiger partial charge on any atom is 0.423 e. The van der Waals surface area contributed by atoms with E-state index in [2.05, 4.69) is 15.1 Å². The highest BCUT2D eigenvalue weighted by Gasteiger charge is 2.36. The molecule has 0 amide bonds. The van der Waals surface area contributed by atoms with Gasteiger partial charge in [-0.15, -0.1) is 0 Å².